The first kappa shape index (κ1) is 27.4. The number of carbonyl (C=O) groups excluding carboxylic acids is 1. The number of ether oxygens (including phenoxy) is 1. The van der Waals surface area contributed by atoms with E-state index in [1.165, 1.54) is 83.5 Å². The van der Waals surface area contributed by atoms with Crippen LogP contribution in [0.5, 0.6) is 5.75 Å². The van der Waals surface area contributed by atoms with Gasteiger partial charge in [-0.15, -0.1) is 0 Å². The molecule has 0 spiro atoms. The van der Waals surface area contributed by atoms with Crippen LogP contribution in [0.2, 0.25) is 0 Å². The van der Waals surface area contributed by atoms with Crippen LogP contribution >= 0.6 is 12.2 Å². The Bertz CT molecular complexity index is 590. The van der Waals surface area contributed by atoms with E-state index in [4.69, 9.17) is 17.0 Å². The van der Waals surface area contributed by atoms with Gasteiger partial charge in [-0.3, -0.25) is 4.79 Å². The van der Waals surface area contributed by atoms with Gasteiger partial charge in [0.15, 0.2) is 11.7 Å². The summed E-state index contributed by atoms with van der Waals surface area (Å²) in [5, 5.41) is 6.16. The van der Waals surface area contributed by atoms with Gasteiger partial charge < -0.3 is 15.4 Å². The van der Waals surface area contributed by atoms with Crippen LogP contribution in [-0.2, 0) is 4.79 Å². The van der Waals surface area contributed by atoms with Crippen LogP contribution in [0.3, 0.4) is 0 Å². The molecular formula is C26H44N2O2S. The molecule has 0 aliphatic heterocycles. The summed E-state index contributed by atoms with van der Waals surface area (Å²) in [4.78, 5) is 11.9. The number of hydrogen-bond acceptors (Lipinski definition) is 3. The van der Waals surface area contributed by atoms with E-state index in [0.29, 0.717) is 10.9 Å². The number of carbonyl (C=O) groups is 1. The highest BCUT2D eigenvalue weighted by atomic mass is 32.1. The van der Waals surface area contributed by atoms with Gasteiger partial charge >= 0.3 is 0 Å². The van der Waals surface area contributed by atoms with Gasteiger partial charge in [-0.05, 0) is 37.7 Å². The lowest BCUT2D eigenvalue weighted by Crippen LogP contribution is -2.41. The molecule has 1 amide bonds. The Morgan fingerprint density at radius 3 is 1.81 bits per heavy atom. The van der Waals surface area contributed by atoms with Crippen molar-refractivity contribution >= 4 is 23.2 Å². The van der Waals surface area contributed by atoms with Crippen molar-refractivity contribution in [3.63, 3.8) is 0 Å². The summed E-state index contributed by atoms with van der Waals surface area (Å²) in [5.41, 5.74) is 1.16. The summed E-state index contributed by atoms with van der Waals surface area (Å²) in [5.74, 6) is 0.445. The molecule has 0 aliphatic carbocycles. The van der Waals surface area contributed by atoms with Gasteiger partial charge in [-0.1, -0.05) is 108 Å². The molecule has 0 radical (unpaired) electrons. The number of benzene rings is 1. The van der Waals surface area contributed by atoms with E-state index < -0.39 is 0 Å². The highest BCUT2D eigenvalue weighted by molar-refractivity contribution is 7.80. The number of unbranched alkanes of at least 4 members (excludes halogenated alkanes) is 13. The first-order valence-corrected chi connectivity index (χ1v) is 12.8. The molecule has 0 atom stereocenters. The number of hydrogen-bond donors (Lipinski definition) is 2. The molecule has 0 saturated heterocycles. The average Bonchev–Trinajstić information content (AvgIpc) is 2.76. The largest absolute Gasteiger partial charge is 0.484 e. The minimum absolute atomic E-state index is 0.0380. The Labute approximate surface area is 195 Å². The van der Waals surface area contributed by atoms with Gasteiger partial charge in [0.05, 0.1) is 0 Å². The average molecular weight is 449 g/mol. The molecule has 176 valence electrons. The van der Waals surface area contributed by atoms with Crippen molar-refractivity contribution < 1.29 is 9.53 Å². The van der Waals surface area contributed by atoms with Gasteiger partial charge in [0.2, 0.25) is 0 Å². The van der Waals surface area contributed by atoms with Gasteiger partial charge in [0, 0.05) is 6.54 Å². The zero-order chi connectivity index (χ0) is 22.6. The second kappa shape index (κ2) is 19.1. The highest BCUT2D eigenvalue weighted by Crippen LogP contribution is 2.13. The van der Waals surface area contributed by atoms with Crippen LogP contribution in [0, 0.1) is 6.92 Å². The molecule has 0 aliphatic rings. The fraction of sp³-hybridized carbons (Fsp3) is 0.692. The second-order valence-electron chi connectivity index (χ2n) is 8.50. The third-order valence-corrected chi connectivity index (χ3v) is 5.71. The Morgan fingerprint density at radius 1 is 0.806 bits per heavy atom. The van der Waals surface area contributed by atoms with E-state index in [-0.39, 0.29) is 12.5 Å². The lowest BCUT2D eigenvalue weighted by atomic mass is 10.0. The van der Waals surface area contributed by atoms with Crippen molar-refractivity contribution in [2.24, 2.45) is 0 Å². The molecule has 1 rings (SSSR count). The monoisotopic (exact) mass is 448 g/mol. The van der Waals surface area contributed by atoms with Crippen LogP contribution in [0.4, 0.5) is 0 Å². The topological polar surface area (TPSA) is 50.4 Å². The number of aryl methyl sites for hydroxylation is 1. The minimum atomic E-state index is -0.237. The Morgan fingerprint density at radius 2 is 1.29 bits per heavy atom. The van der Waals surface area contributed by atoms with E-state index >= 15 is 0 Å². The highest BCUT2D eigenvalue weighted by Gasteiger charge is 2.05. The van der Waals surface area contributed by atoms with E-state index in [0.717, 1.165) is 18.5 Å². The molecule has 0 fully saturated rings. The van der Waals surface area contributed by atoms with Crippen LogP contribution in [0.25, 0.3) is 0 Å². The van der Waals surface area contributed by atoms with E-state index in [1.54, 1.807) is 0 Å². The molecule has 31 heavy (non-hydrogen) atoms. The third kappa shape index (κ3) is 16.7. The summed E-state index contributed by atoms with van der Waals surface area (Å²) in [6, 6.07) is 7.62. The van der Waals surface area contributed by atoms with Gasteiger partial charge in [0.1, 0.15) is 5.75 Å². The quantitative estimate of drug-likeness (QED) is 0.190. The lowest BCUT2D eigenvalue weighted by molar-refractivity contribution is -0.121. The lowest BCUT2D eigenvalue weighted by Gasteiger charge is -2.10. The molecule has 0 unspecified atom stereocenters. The van der Waals surface area contributed by atoms with Crippen LogP contribution < -0.4 is 15.4 Å². The van der Waals surface area contributed by atoms with E-state index in [9.17, 15) is 4.79 Å². The summed E-state index contributed by atoms with van der Waals surface area (Å²) >= 11 is 5.18. The number of rotatable bonds is 18. The van der Waals surface area contributed by atoms with E-state index in [1.807, 2.05) is 31.2 Å². The van der Waals surface area contributed by atoms with Gasteiger partial charge in [-0.25, -0.2) is 0 Å². The van der Waals surface area contributed by atoms with Crippen molar-refractivity contribution in [2.75, 3.05) is 13.2 Å². The zero-order valence-electron chi connectivity index (χ0n) is 19.8. The van der Waals surface area contributed by atoms with Gasteiger partial charge in [0.25, 0.3) is 5.91 Å². The predicted octanol–water partition coefficient (Wildman–Crippen LogP) is 6.85. The third-order valence-electron chi connectivity index (χ3n) is 5.46. The summed E-state index contributed by atoms with van der Waals surface area (Å²) in [7, 11) is 0. The molecule has 0 saturated carbocycles. The molecule has 2 N–H and O–H groups in total. The fourth-order valence-electron chi connectivity index (χ4n) is 3.51. The second-order valence-corrected chi connectivity index (χ2v) is 8.91. The maximum Gasteiger partial charge on any atom is 0.264 e. The maximum absolute atomic E-state index is 11.9. The molecular weight excluding hydrogens is 404 g/mol. The van der Waals surface area contributed by atoms with Crippen LogP contribution in [0.1, 0.15) is 102 Å². The van der Waals surface area contributed by atoms with Crippen molar-refractivity contribution in [3.05, 3.63) is 29.8 Å². The molecule has 0 bridgehead atoms. The maximum atomic E-state index is 11.9. The zero-order valence-corrected chi connectivity index (χ0v) is 20.7. The standard InChI is InChI=1S/C26H44N2O2S/c1-3-4-5-6-7-8-9-10-11-12-13-14-15-16-21-27-26(31)28-25(29)22-30-24-19-17-23(2)18-20-24/h17-20H,3-16,21-22H2,1-2H3,(H2,27,28,29,31). The molecule has 1 aromatic carbocycles. The summed E-state index contributed by atoms with van der Waals surface area (Å²) in [6.07, 6.45) is 18.9. The van der Waals surface area contributed by atoms with Crippen LogP contribution in [0.15, 0.2) is 24.3 Å². The van der Waals surface area contributed by atoms with Crippen LogP contribution in [-0.4, -0.2) is 24.2 Å². The fourth-order valence-corrected chi connectivity index (χ4v) is 3.73. The number of nitrogens with one attached hydrogen (secondary N) is 2. The normalized spacial score (nSPS) is 10.6. The number of amides is 1. The summed E-state index contributed by atoms with van der Waals surface area (Å²) < 4.78 is 5.46. The Kier molecular flexibility index (Phi) is 16.9. The molecule has 0 heterocycles. The van der Waals surface area contributed by atoms with Gasteiger partial charge in [-0.2, -0.15) is 0 Å². The van der Waals surface area contributed by atoms with Crippen molar-refractivity contribution in [1.82, 2.24) is 10.6 Å². The minimum Gasteiger partial charge on any atom is -0.484 e. The molecule has 0 aromatic heterocycles. The first-order chi connectivity index (χ1) is 15.1. The van der Waals surface area contributed by atoms with Crippen molar-refractivity contribution in [3.8, 4) is 5.75 Å². The molecule has 5 heteroatoms. The predicted molar refractivity (Wildman–Crippen MR) is 136 cm³/mol. The Balaban J connectivity index is 1.85. The Hall–Kier alpha value is -1.62. The molecule has 4 nitrogen and oxygen atoms in total. The summed E-state index contributed by atoms with van der Waals surface area (Å²) in [6.45, 7) is 5.05. The van der Waals surface area contributed by atoms with Crippen molar-refractivity contribution in [2.45, 2.75) is 104 Å². The van der Waals surface area contributed by atoms with E-state index in [2.05, 4.69) is 17.6 Å². The SMILES string of the molecule is CCCCCCCCCCCCCCCCNC(=S)NC(=O)COc1ccc(C)cc1. The molecule has 1 aromatic rings. The first-order valence-electron chi connectivity index (χ1n) is 12.4. The smallest absolute Gasteiger partial charge is 0.264 e. The number of thiocarbonyl (C=S) groups is 1. The van der Waals surface area contributed by atoms with Crippen molar-refractivity contribution in [1.29, 1.82) is 0 Å².